The minimum Gasteiger partial charge on any atom is -0.477 e. The van der Waals surface area contributed by atoms with Crippen LogP contribution in [0, 0.1) is 46.5 Å². The number of aryl methyl sites for hydroxylation is 2. The summed E-state index contributed by atoms with van der Waals surface area (Å²) in [6.07, 6.45) is 4.86. The zero-order chi connectivity index (χ0) is 47.6. The molecule has 0 radical (unpaired) electrons. The predicted octanol–water partition coefficient (Wildman–Crippen LogP) is 13.0. The second-order valence-electron chi connectivity index (χ2n) is 15.2. The van der Waals surface area contributed by atoms with Crippen molar-refractivity contribution in [2.75, 3.05) is 6.61 Å². The van der Waals surface area contributed by atoms with Crippen LogP contribution in [0.5, 0.6) is 0 Å². The van der Waals surface area contributed by atoms with Crippen molar-refractivity contribution in [3.63, 3.8) is 0 Å². The molecule has 17 heteroatoms. The van der Waals surface area contributed by atoms with E-state index >= 15 is 0 Å². The zero-order valence-corrected chi connectivity index (χ0v) is 37.0. The molecule has 66 heavy (non-hydrogen) atoms. The van der Waals surface area contributed by atoms with Crippen LogP contribution < -0.4 is 0 Å². The number of ether oxygens (including phenoxy) is 1. The Balaban J connectivity index is 0.000000133. The summed E-state index contributed by atoms with van der Waals surface area (Å²) < 4.78 is 111. The van der Waals surface area contributed by atoms with E-state index in [2.05, 4.69) is 0 Å². The maximum atomic E-state index is 13.8. The molecule has 2 aromatic heterocycles. The van der Waals surface area contributed by atoms with E-state index in [0.29, 0.717) is 115 Å². The molecule has 342 valence electrons. The van der Waals surface area contributed by atoms with E-state index in [-0.39, 0.29) is 32.8 Å². The number of carboxylic acids is 1. The van der Waals surface area contributed by atoms with Crippen molar-refractivity contribution in [1.29, 1.82) is 0 Å². The van der Waals surface area contributed by atoms with E-state index in [0.717, 1.165) is 56.5 Å². The molecule has 0 spiro atoms. The third-order valence-corrected chi connectivity index (χ3v) is 14.1. The van der Waals surface area contributed by atoms with Gasteiger partial charge in [0, 0.05) is 32.9 Å². The number of carbonyl (C=O) groups is 4. The highest BCUT2D eigenvalue weighted by Crippen LogP contribution is 2.43. The number of aldehydes is 1. The van der Waals surface area contributed by atoms with Gasteiger partial charge in [0.05, 0.1) is 11.6 Å². The molecule has 2 heterocycles. The second kappa shape index (κ2) is 20.3. The number of hydrogen-bond donors (Lipinski definition) is 1. The van der Waals surface area contributed by atoms with Gasteiger partial charge in [0.2, 0.25) is 0 Å². The number of carbonyl (C=O) groups excluding carboxylic acids is 3. The van der Waals surface area contributed by atoms with E-state index < -0.39 is 52.5 Å². The first-order valence-electron chi connectivity index (χ1n) is 20.5. The number of Topliss-reactive ketones (excluding diaryl/α,β-unsaturated/α-hetero) is 1. The van der Waals surface area contributed by atoms with Crippen LogP contribution in [0.2, 0.25) is 0 Å². The number of esters is 1. The minimum absolute atomic E-state index is 0.0832. The number of carboxylic acid groups (broad SMARTS) is 1. The van der Waals surface area contributed by atoms with Gasteiger partial charge in [-0.2, -0.15) is 0 Å². The molecule has 0 bridgehead atoms. The Morgan fingerprint density at radius 3 is 1.52 bits per heavy atom. The van der Waals surface area contributed by atoms with Crippen molar-refractivity contribution in [2.24, 2.45) is 0 Å². The topological polar surface area (TPSA) is 97.7 Å². The number of hydrogen-bond acceptors (Lipinski definition) is 7. The van der Waals surface area contributed by atoms with E-state index in [1.807, 2.05) is 0 Å². The SMILES string of the molecule is CCOC(=O)c1cc2c(s1)-c1ccc(F)c(F)c1CC2.O=C(O)c1cc2c(s1)-c1ccc(F)c(F)c1CC2.O=C1CCCc2c1ccc(F)c2F.O=CC1=C(Cl)c2ccc(F)c(F)c2CC1. The van der Waals surface area contributed by atoms with Gasteiger partial charge < -0.3 is 9.84 Å². The highest BCUT2D eigenvalue weighted by molar-refractivity contribution is 7.18. The largest absolute Gasteiger partial charge is 0.477 e. The number of rotatable bonds is 4. The van der Waals surface area contributed by atoms with E-state index in [4.69, 9.17) is 21.4 Å². The average Bonchev–Trinajstić information content (AvgIpc) is 3.96. The Bertz CT molecular complexity index is 2980. The molecule has 0 atom stereocenters. The maximum absolute atomic E-state index is 13.8. The Morgan fingerprint density at radius 1 is 0.606 bits per heavy atom. The summed E-state index contributed by atoms with van der Waals surface area (Å²) >= 11 is 8.29. The van der Waals surface area contributed by atoms with Crippen molar-refractivity contribution in [3.05, 3.63) is 167 Å². The molecule has 0 fully saturated rings. The fraction of sp³-hybridized carbons (Fsp3) is 0.224. The van der Waals surface area contributed by atoms with Gasteiger partial charge in [-0.3, -0.25) is 9.59 Å². The van der Waals surface area contributed by atoms with Crippen molar-refractivity contribution in [1.82, 2.24) is 0 Å². The van der Waals surface area contributed by atoms with Crippen LogP contribution in [0.4, 0.5) is 35.1 Å². The van der Waals surface area contributed by atoms with Crippen molar-refractivity contribution in [3.8, 4) is 20.9 Å². The van der Waals surface area contributed by atoms with Crippen LogP contribution in [0.15, 0.2) is 66.2 Å². The van der Waals surface area contributed by atoms with E-state index in [9.17, 15) is 54.3 Å². The Hall–Kier alpha value is -5.97. The summed E-state index contributed by atoms with van der Waals surface area (Å²) in [5.74, 6) is -8.18. The number of thiophene rings is 2. The van der Waals surface area contributed by atoms with Crippen molar-refractivity contribution >= 4 is 63.3 Å². The molecular formula is C49H35ClF8O6S2. The van der Waals surface area contributed by atoms with Gasteiger partial charge in [0.25, 0.3) is 0 Å². The molecule has 1 N–H and O–H groups in total. The van der Waals surface area contributed by atoms with Crippen LogP contribution in [-0.2, 0) is 48.1 Å². The molecule has 6 nitrogen and oxygen atoms in total. The highest BCUT2D eigenvalue weighted by Gasteiger charge is 2.28. The quantitative estimate of drug-likeness (QED) is 0.107. The van der Waals surface area contributed by atoms with E-state index in [1.165, 1.54) is 29.5 Å². The lowest BCUT2D eigenvalue weighted by molar-refractivity contribution is -0.105. The second-order valence-corrected chi connectivity index (χ2v) is 17.7. The van der Waals surface area contributed by atoms with Crippen LogP contribution >= 0.6 is 34.3 Å². The maximum Gasteiger partial charge on any atom is 0.348 e. The smallest absolute Gasteiger partial charge is 0.348 e. The fourth-order valence-electron chi connectivity index (χ4n) is 8.07. The highest BCUT2D eigenvalue weighted by atomic mass is 35.5. The standard InChI is InChI=1S/C15H12F2O2S.C13H8F2O2S.C11H7ClF2O.C10H8F2O/c1-2-19-15(18)12-7-8-3-4-9-10(14(8)20-12)5-6-11(16)13(9)17;14-9-4-3-8-7(11(9)15)2-1-6-5-10(13(16)17)18-12(6)8;12-10-6(5-15)1-2-8-7(10)3-4-9(13)11(8)14;11-8-5-4-6-7(10(8)12)2-1-3-9(6)13/h5-7H,2-4H2,1H3;3-5H,1-2H2,(H,16,17);3-5H,1-2H2;4-5H,1-3H2. The zero-order valence-electron chi connectivity index (χ0n) is 34.6. The van der Waals surface area contributed by atoms with Gasteiger partial charge in [-0.05, 0) is 145 Å². The minimum atomic E-state index is -0.987. The molecule has 10 rings (SSSR count). The predicted molar refractivity (Wildman–Crippen MR) is 234 cm³/mol. The third kappa shape index (κ3) is 9.63. The van der Waals surface area contributed by atoms with Crippen LogP contribution in [0.3, 0.4) is 0 Å². The summed E-state index contributed by atoms with van der Waals surface area (Å²) in [5, 5.41) is 9.18. The summed E-state index contributed by atoms with van der Waals surface area (Å²) in [7, 11) is 0. The number of ketones is 1. The third-order valence-electron chi connectivity index (χ3n) is 11.3. The van der Waals surface area contributed by atoms with Gasteiger partial charge in [0.1, 0.15) is 16.0 Å². The first-order valence-corrected chi connectivity index (χ1v) is 22.5. The lowest BCUT2D eigenvalue weighted by Crippen LogP contribution is -2.13. The Kier molecular flexibility index (Phi) is 14.7. The first kappa shape index (κ1) is 48.0. The monoisotopic (exact) mass is 970 g/mol. The van der Waals surface area contributed by atoms with Gasteiger partial charge in [-0.25, -0.2) is 44.7 Å². The Labute approximate surface area is 385 Å². The number of fused-ring (bicyclic) bond motifs is 8. The van der Waals surface area contributed by atoms with Gasteiger partial charge in [-0.15, -0.1) is 22.7 Å². The van der Waals surface area contributed by atoms with Crippen LogP contribution in [0.1, 0.15) is 94.8 Å². The summed E-state index contributed by atoms with van der Waals surface area (Å²) in [6, 6.07) is 13.5. The number of benzene rings is 4. The van der Waals surface area contributed by atoms with Gasteiger partial charge >= 0.3 is 11.9 Å². The number of halogens is 9. The molecule has 6 aromatic rings. The lowest BCUT2D eigenvalue weighted by Gasteiger charge is -2.17. The number of aromatic carboxylic acids is 1. The fourth-order valence-corrected chi connectivity index (χ4v) is 10.6. The number of allylic oxidation sites excluding steroid dienone is 1. The molecular weight excluding hydrogens is 936 g/mol. The van der Waals surface area contributed by atoms with Crippen LogP contribution in [-0.4, -0.2) is 35.7 Å². The van der Waals surface area contributed by atoms with Crippen LogP contribution in [0.25, 0.3) is 25.9 Å². The molecule has 0 saturated carbocycles. The molecule has 4 aromatic carbocycles. The molecule has 4 aliphatic carbocycles. The van der Waals surface area contributed by atoms with Crippen molar-refractivity contribution < 1.29 is 64.1 Å². The molecule has 0 saturated heterocycles. The normalized spacial score (nSPS) is 13.9. The molecule has 4 aliphatic rings. The van der Waals surface area contributed by atoms with Crippen molar-refractivity contribution in [2.45, 2.75) is 64.7 Å². The first-order chi connectivity index (χ1) is 31.5. The van der Waals surface area contributed by atoms with E-state index in [1.54, 1.807) is 25.1 Å². The summed E-state index contributed by atoms with van der Waals surface area (Å²) in [4.78, 5) is 46.9. The molecule has 0 unspecified atom stereocenters. The molecule has 0 aliphatic heterocycles. The van der Waals surface area contributed by atoms with Gasteiger partial charge in [0.15, 0.2) is 52.3 Å². The lowest BCUT2D eigenvalue weighted by atomic mass is 9.90. The Morgan fingerprint density at radius 2 is 1.03 bits per heavy atom. The average molecular weight is 971 g/mol. The van der Waals surface area contributed by atoms with Gasteiger partial charge in [-0.1, -0.05) is 29.8 Å². The summed E-state index contributed by atoms with van der Waals surface area (Å²) in [5.41, 5.74) is 5.66. The summed E-state index contributed by atoms with van der Waals surface area (Å²) in [6.45, 7) is 2.07. The molecule has 0 amide bonds.